The predicted octanol–water partition coefficient (Wildman–Crippen LogP) is 1.51. The van der Waals surface area contributed by atoms with Gasteiger partial charge in [-0.3, -0.25) is 4.79 Å². The van der Waals surface area contributed by atoms with Crippen molar-refractivity contribution < 1.29 is 4.79 Å². The second-order valence-corrected chi connectivity index (χ2v) is 6.47. The highest BCUT2D eigenvalue weighted by Crippen LogP contribution is 2.22. The Bertz CT molecular complexity index is 980. The van der Waals surface area contributed by atoms with Crippen molar-refractivity contribution in [2.24, 2.45) is 5.92 Å². The van der Waals surface area contributed by atoms with E-state index in [1.807, 2.05) is 42.5 Å². The SMILES string of the molecule is O=C(NCC#Cc1ccccc1)C1CCN(c2ccc3nncn3n2)CC1. The van der Waals surface area contributed by atoms with Gasteiger partial charge in [-0.25, -0.2) is 0 Å². The third-order valence-corrected chi connectivity index (χ3v) is 4.69. The monoisotopic (exact) mass is 360 g/mol. The van der Waals surface area contributed by atoms with Gasteiger partial charge in [-0.05, 0) is 37.1 Å². The molecule has 0 bridgehead atoms. The third kappa shape index (κ3) is 4.06. The van der Waals surface area contributed by atoms with Crippen molar-refractivity contribution in [1.29, 1.82) is 0 Å². The van der Waals surface area contributed by atoms with Crippen LogP contribution in [0.1, 0.15) is 18.4 Å². The summed E-state index contributed by atoms with van der Waals surface area (Å²) >= 11 is 0. The molecule has 1 amide bonds. The molecule has 2 aromatic heterocycles. The number of nitrogens with zero attached hydrogens (tertiary/aromatic N) is 5. The molecule has 1 saturated heterocycles. The number of aromatic nitrogens is 4. The lowest BCUT2D eigenvalue weighted by atomic mass is 9.96. The average Bonchev–Trinajstić information content (AvgIpc) is 3.20. The molecule has 1 aliphatic heterocycles. The number of amides is 1. The highest BCUT2D eigenvalue weighted by atomic mass is 16.1. The van der Waals surface area contributed by atoms with Crippen molar-refractivity contribution in [3.8, 4) is 11.8 Å². The number of nitrogens with one attached hydrogen (secondary N) is 1. The average molecular weight is 360 g/mol. The second-order valence-electron chi connectivity index (χ2n) is 6.47. The quantitative estimate of drug-likeness (QED) is 0.717. The van der Waals surface area contributed by atoms with Crippen LogP contribution < -0.4 is 10.2 Å². The first-order valence-corrected chi connectivity index (χ1v) is 9.03. The van der Waals surface area contributed by atoms with Crippen molar-refractivity contribution in [2.45, 2.75) is 12.8 Å². The molecule has 0 radical (unpaired) electrons. The Morgan fingerprint density at radius 1 is 1.15 bits per heavy atom. The minimum atomic E-state index is 0.0263. The van der Waals surface area contributed by atoms with E-state index in [0.717, 1.165) is 43.0 Å². The molecule has 0 unspecified atom stereocenters. The lowest BCUT2D eigenvalue weighted by molar-refractivity contribution is -0.125. The third-order valence-electron chi connectivity index (χ3n) is 4.69. The van der Waals surface area contributed by atoms with E-state index in [9.17, 15) is 4.79 Å². The number of fused-ring (bicyclic) bond motifs is 1. The maximum Gasteiger partial charge on any atom is 0.223 e. The fourth-order valence-electron chi connectivity index (χ4n) is 3.20. The molecule has 0 saturated carbocycles. The van der Waals surface area contributed by atoms with Gasteiger partial charge in [-0.2, -0.15) is 4.52 Å². The molecule has 3 aromatic rings. The minimum absolute atomic E-state index is 0.0263. The highest BCUT2D eigenvalue weighted by Gasteiger charge is 2.25. The van der Waals surface area contributed by atoms with E-state index >= 15 is 0 Å². The summed E-state index contributed by atoms with van der Waals surface area (Å²) in [6.07, 6.45) is 3.20. The number of benzene rings is 1. The van der Waals surface area contributed by atoms with Crippen LogP contribution in [0.2, 0.25) is 0 Å². The zero-order valence-electron chi connectivity index (χ0n) is 14.9. The molecule has 0 spiro atoms. The highest BCUT2D eigenvalue weighted by molar-refractivity contribution is 5.79. The van der Waals surface area contributed by atoms with Gasteiger partial charge >= 0.3 is 0 Å². The van der Waals surface area contributed by atoms with Crippen LogP contribution in [0.15, 0.2) is 48.8 Å². The summed E-state index contributed by atoms with van der Waals surface area (Å²) in [5, 5.41) is 15.3. The number of carbonyl (C=O) groups is 1. The predicted molar refractivity (Wildman–Crippen MR) is 102 cm³/mol. The number of anilines is 1. The van der Waals surface area contributed by atoms with Crippen molar-refractivity contribution in [3.63, 3.8) is 0 Å². The number of hydrogen-bond donors (Lipinski definition) is 1. The van der Waals surface area contributed by atoms with Crippen molar-refractivity contribution in [1.82, 2.24) is 25.1 Å². The van der Waals surface area contributed by atoms with Crippen LogP contribution >= 0.6 is 0 Å². The first kappa shape index (κ1) is 17.0. The lowest BCUT2D eigenvalue weighted by Gasteiger charge is -2.31. The largest absolute Gasteiger partial charge is 0.355 e. The van der Waals surface area contributed by atoms with Gasteiger partial charge in [0.1, 0.15) is 12.1 Å². The summed E-state index contributed by atoms with van der Waals surface area (Å²) < 4.78 is 1.67. The van der Waals surface area contributed by atoms with Crippen LogP contribution in [-0.2, 0) is 4.79 Å². The molecule has 7 nitrogen and oxygen atoms in total. The van der Waals surface area contributed by atoms with E-state index in [1.54, 1.807) is 10.8 Å². The van der Waals surface area contributed by atoms with Gasteiger partial charge in [0.15, 0.2) is 5.65 Å². The molecule has 27 heavy (non-hydrogen) atoms. The normalized spacial score (nSPS) is 14.6. The first-order valence-electron chi connectivity index (χ1n) is 9.03. The van der Waals surface area contributed by atoms with Gasteiger partial charge in [0.2, 0.25) is 5.91 Å². The molecule has 1 aliphatic rings. The maximum atomic E-state index is 12.4. The van der Waals surface area contributed by atoms with Crippen LogP contribution in [0, 0.1) is 17.8 Å². The summed E-state index contributed by atoms with van der Waals surface area (Å²) in [6.45, 7) is 1.97. The van der Waals surface area contributed by atoms with Crippen LogP contribution in [0.4, 0.5) is 5.82 Å². The number of rotatable bonds is 3. The van der Waals surface area contributed by atoms with Crippen LogP contribution in [0.25, 0.3) is 5.65 Å². The molecule has 1 fully saturated rings. The summed E-state index contributed by atoms with van der Waals surface area (Å²) in [7, 11) is 0. The summed E-state index contributed by atoms with van der Waals surface area (Å²) in [5.74, 6) is 7.05. The molecule has 0 atom stereocenters. The van der Waals surface area contributed by atoms with Crippen molar-refractivity contribution in [3.05, 3.63) is 54.4 Å². The summed E-state index contributed by atoms with van der Waals surface area (Å²) in [4.78, 5) is 14.6. The Hall–Kier alpha value is -3.40. The van der Waals surface area contributed by atoms with E-state index < -0.39 is 0 Å². The number of carbonyl (C=O) groups excluding carboxylic acids is 1. The summed E-state index contributed by atoms with van der Waals surface area (Å²) in [6, 6.07) is 13.6. The van der Waals surface area contributed by atoms with Gasteiger partial charge in [0.05, 0.1) is 6.54 Å². The molecule has 7 heteroatoms. The Balaban J connectivity index is 1.27. The molecular weight excluding hydrogens is 340 g/mol. The lowest BCUT2D eigenvalue weighted by Crippen LogP contribution is -2.41. The standard InChI is InChI=1S/C20H20N6O/c27-20(21-12-4-7-16-5-2-1-3-6-16)17-10-13-25(14-11-17)19-9-8-18-23-22-15-26(18)24-19/h1-3,5-6,8-9,15,17H,10-14H2,(H,21,27). The first-order chi connectivity index (χ1) is 13.3. The fraction of sp³-hybridized carbons (Fsp3) is 0.300. The van der Waals surface area contributed by atoms with Gasteiger partial charge in [-0.1, -0.05) is 30.0 Å². The van der Waals surface area contributed by atoms with E-state index in [1.165, 1.54) is 0 Å². The molecular formula is C20H20N6O. The molecule has 1 aromatic carbocycles. The van der Waals surface area contributed by atoms with Crippen molar-refractivity contribution in [2.75, 3.05) is 24.5 Å². The Kier molecular flexibility index (Phi) is 4.97. The van der Waals surface area contributed by atoms with E-state index in [-0.39, 0.29) is 11.8 Å². The number of piperidine rings is 1. The molecule has 1 N–H and O–H groups in total. The second kappa shape index (κ2) is 7.87. The zero-order chi connectivity index (χ0) is 18.5. The maximum absolute atomic E-state index is 12.4. The Labute approximate surface area is 157 Å². The molecule has 4 rings (SSSR count). The van der Waals surface area contributed by atoms with Crippen molar-refractivity contribution >= 4 is 17.4 Å². The van der Waals surface area contributed by atoms with Gasteiger partial charge in [-0.15, -0.1) is 15.3 Å². The molecule has 3 heterocycles. The zero-order valence-corrected chi connectivity index (χ0v) is 14.9. The Morgan fingerprint density at radius 2 is 1.96 bits per heavy atom. The Morgan fingerprint density at radius 3 is 2.78 bits per heavy atom. The van der Waals surface area contributed by atoms with Gasteiger partial charge in [0, 0.05) is 24.6 Å². The van der Waals surface area contributed by atoms with Crippen LogP contribution in [0.3, 0.4) is 0 Å². The van der Waals surface area contributed by atoms with Gasteiger partial charge in [0.25, 0.3) is 0 Å². The molecule has 136 valence electrons. The molecule has 0 aliphatic carbocycles. The topological polar surface area (TPSA) is 75.4 Å². The van der Waals surface area contributed by atoms with E-state index in [0.29, 0.717) is 6.54 Å². The van der Waals surface area contributed by atoms with Gasteiger partial charge < -0.3 is 10.2 Å². The van der Waals surface area contributed by atoms with E-state index in [2.05, 4.69) is 37.4 Å². The summed E-state index contributed by atoms with van der Waals surface area (Å²) in [5.41, 5.74) is 1.68. The minimum Gasteiger partial charge on any atom is -0.355 e. The van der Waals surface area contributed by atoms with E-state index in [4.69, 9.17) is 0 Å². The fourth-order valence-corrected chi connectivity index (χ4v) is 3.20. The smallest absolute Gasteiger partial charge is 0.223 e. The van der Waals surface area contributed by atoms with Crippen LogP contribution in [0.5, 0.6) is 0 Å². The number of hydrogen-bond acceptors (Lipinski definition) is 5. The van der Waals surface area contributed by atoms with Crippen LogP contribution in [-0.4, -0.2) is 45.4 Å².